The molecule has 0 heterocycles. The molecule has 3 nitrogen and oxygen atoms in total. The third-order valence-corrected chi connectivity index (χ3v) is 4.63. The van der Waals surface area contributed by atoms with Crippen LogP contribution < -0.4 is 4.74 Å². The molecule has 1 saturated carbocycles. The molecule has 0 bridgehead atoms. The molecule has 0 aromatic heterocycles. The maximum Gasteiger partial charge on any atom is 0.140 e. The molecule has 0 saturated heterocycles. The standard InChI is InChI=1S/C17H22O3/c1-9-10(2)12(4)17(20-5)16(11(9)3)13-6-14(18)8-15(19)7-13/h13H,6-8H2,1-5H3. The van der Waals surface area contributed by atoms with Crippen molar-refractivity contribution in [3.05, 3.63) is 27.8 Å². The molecule has 1 aliphatic rings. The Kier molecular flexibility index (Phi) is 3.98. The fourth-order valence-corrected chi connectivity index (χ4v) is 3.25. The lowest BCUT2D eigenvalue weighted by molar-refractivity contribution is -0.130. The quantitative estimate of drug-likeness (QED) is 0.777. The summed E-state index contributed by atoms with van der Waals surface area (Å²) >= 11 is 0. The van der Waals surface area contributed by atoms with Crippen LogP contribution in [-0.4, -0.2) is 18.7 Å². The van der Waals surface area contributed by atoms with Crippen LogP contribution in [0, 0.1) is 27.7 Å². The number of methoxy groups -OCH3 is 1. The predicted octanol–water partition coefficient (Wildman–Crippen LogP) is 3.33. The van der Waals surface area contributed by atoms with Gasteiger partial charge in [-0.25, -0.2) is 0 Å². The van der Waals surface area contributed by atoms with Gasteiger partial charge >= 0.3 is 0 Å². The van der Waals surface area contributed by atoms with Gasteiger partial charge in [-0.2, -0.15) is 0 Å². The fourth-order valence-electron chi connectivity index (χ4n) is 3.25. The lowest BCUT2D eigenvalue weighted by Crippen LogP contribution is -2.23. The van der Waals surface area contributed by atoms with Crippen molar-refractivity contribution in [1.82, 2.24) is 0 Å². The second-order valence-corrected chi connectivity index (χ2v) is 5.81. The third kappa shape index (κ3) is 2.37. The van der Waals surface area contributed by atoms with Gasteiger partial charge in [-0.3, -0.25) is 9.59 Å². The van der Waals surface area contributed by atoms with E-state index in [0.29, 0.717) is 12.8 Å². The van der Waals surface area contributed by atoms with E-state index in [1.807, 2.05) is 6.92 Å². The molecule has 0 amide bonds. The van der Waals surface area contributed by atoms with Crippen LogP contribution in [0.4, 0.5) is 0 Å². The second-order valence-electron chi connectivity index (χ2n) is 5.81. The van der Waals surface area contributed by atoms with Gasteiger partial charge in [0.05, 0.1) is 13.5 Å². The van der Waals surface area contributed by atoms with Gasteiger partial charge < -0.3 is 4.74 Å². The van der Waals surface area contributed by atoms with E-state index in [1.165, 1.54) is 11.1 Å². The van der Waals surface area contributed by atoms with E-state index in [4.69, 9.17) is 4.74 Å². The topological polar surface area (TPSA) is 43.4 Å². The Labute approximate surface area is 120 Å². The number of hydrogen-bond donors (Lipinski definition) is 0. The van der Waals surface area contributed by atoms with Gasteiger partial charge in [-0.15, -0.1) is 0 Å². The van der Waals surface area contributed by atoms with Crippen molar-refractivity contribution in [2.75, 3.05) is 7.11 Å². The molecule has 0 radical (unpaired) electrons. The molecular formula is C17H22O3. The van der Waals surface area contributed by atoms with E-state index >= 15 is 0 Å². The van der Waals surface area contributed by atoms with Gasteiger partial charge in [-0.1, -0.05) is 0 Å². The summed E-state index contributed by atoms with van der Waals surface area (Å²) in [5, 5.41) is 0. The first-order valence-electron chi connectivity index (χ1n) is 7.04. The second kappa shape index (κ2) is 5.39. The Morgan fingerprint density at radius 3 is 1.85 bits per heavy atom. The first-order chi connectivity index (χ1) is 9.36. The number of carbonyl (C=O) groups excluding carboxylic acids is 2. The van der Waals surface area contributed by atoms with Crippen molar-refractivity contribution >= 4 is 11.6 Å². The van der Waals surface area contributed by atoms with Crippen LogP contribution >= 0.6 is 0 Å². The number of ether oxygens (including phenoxy) is 1. The van der Waals surface area contributed by atoms with E-state index in [-0.39, 0.29) is 23.9 Å². The monoisotopic (exact) mass is 274 g/mol. The molecule has 0 unspecified atom stereocenters. The van der Waals surface area contributed by atoms with Crippen molar-refractivity contribution in [2.24, 2.45) is 0 Å². The highest BCUT2D eigenvalue weighted by Crippen LogP contribution is 2.41. The molecule has 1 aromatic carbocycles. The van der Waals surface area contributed by atoms with Crippen molar-refractivity contribution in [3.8, 4) is 5.75 Å². The molecule has 1 aromatic rings. The van der Waals surface area contributed by atoms with E-state index in [0.717, 1.165) is 22.4 Å². The number of ketones is 2. The summed E-state index contributed by atoms with van der Waals surface area (Å²) in [6, 6.07) is 0. The van der Waals surface area contributed by atoms with Gasteiger partial charge in [-0.05, 0) is 49.9 Å². The molecule has 0 atom stereocenters. The lowest BCUT2D eigenvalue weighted by Gasteiger charge is -2.27. The Bertz CT molecular complexity index is 569. The molecule has 2 rings (SSSR count). The molecule has 0 spiro atoms. The summed E-state index contributed by atoms with van der Waals surface area (Å²) in [4.78, 5) is 23.5. The summed E-state index contributed by atoms with van der Waals surface area (Å²) in [5.74, 6) is 0.905. The average Bonchev–Trinajstić information content (AvgIpc) is 2.39. The van der Waals surface area contributed by atoms with Gasteiger partial charge in [0, 0.05) is 24.3 Å². The summed E-state index contributed by atoms with van der Waals surface area (Å²) in [6.45, 7) is 8.27. The summed E-state index contributed by atoms with van der Waals surface area (Å²) in [7, 11) is 1.66. The largest absolute Gasteiger partial charge is 0.496 e. The summed E-state index contributed by atoms with van der Waals surface area (Å²) in [6.07, 6.45) is 0.997. The molecule has 1 fully saturated rings. The Morgan fingerprint density at radius 1 is 0.850 bits per heavy atom. The van der Waals surface area contributed by atoms with Crippen LogP contribution in [0.25, 0.3) is 0 Å². The minimum Gasteiger partial charge on any atom is -0.496 e. The first kappa shape index (κ1) is 14.8. The van der Waals surface area contributed by atoms with Crippen LogP contribution in [0.5, 0.6) is 5.75 Å². The molecule has 108 valence electrons. The third-order valence-electron chi connectivity index (χ3n) is 4.63. The molecule has 0 N–H and O–H groups in total. The minimum atomic E-state index is -0.0308. The van der Waals surface area contributed by atoms with Crippen LogP contribution in [0.3, 0.4) is 0 Å². The normalized spacial score (nSPS) is 16.6. The first-order valence-corrected chi connectivity index (χ1v) is 7.04. The maximum absolute atomic E-state index is 11.7. The number of hydrogen-bond acceptors (Lipinski definition) is 3. The zero-order valence-electron chi connectivity index (χ0n) is 12.9. The molecular weight excluding hydrogens is 252 g/mol. The molecule has 3 heteroatoms. The minimum absolute atomic E-state index is 0.0308. The lowest BCUT2D eigenvalue weighted by atomic mass is 9.78. The average molecular weight is 274 g/mol. The van der Waals surface area contributed by atoms with Crippen molar-refractivity contribution in [2.45, 2.75) is 52.9 Å². The highest BCUT2D eigenvalue weighted by atomic mass is 16.5. The Hall–Kier alpha value is -1.64. The van der Waals surface area contributed by atoms with Crippen molar-refractivity contribution in [1.29, 1.82) is 0 Å². The fraction of sp³-hybridized carbons (Fsp3) is 0.529. The van der Waals surface area contributed by atoms with E-state index in [2.05, 4.69) is 20.8 Å². The zero-order valence-corrected chi connectivity index (χ0v) is 12.9. The SMILES string of the molecule is COc1c(C)c(C)c(C)c(C)c1C1CC(=O)CC(=O)C1. The van der Waals surface area contributed by atoms with E-state index < -0.39 is 0 Å². The maximum atomic E-state index is 11.7. The zero-order chi connectivity index (χ0) is 15.0. The van der Waals surface area contributed by atoms with E-state index in [9.17, 15) is 9.59 Å². The van der Waals surface area contributed by atoms with Gasteiger partial charge in [0.25, 0.3) is 0 Å². The number of carbonyl (C=O) groups is 2. The molecule has 1 aliphatic carbocycles. The van der Waals surface area contributed by atoms with E-state index in [1.54, 1.807) is 7.11 Å². The predicted molar refractivity (Wildman–Crippen MR) is 78.5 cm³/mol. The van der Waals surface area contributed by atoms with Crippen LogP contribution in [-0.2, 0) is 9.59 Å². The molecule has 0 aliphatic heterocycles. The summed E-state index contributed by atoms with van der Waals surface area (Å²) in [5.41, 5.74) is 5.75. The van der Waals surface area contributed by atoms with Gasteiger partial charge in [0.2, 0.25) is 0 Å². The van der Waals surface area contributed by atoms with Gasteiger partial charge in [0.15, 0.2) is 0 Å². The van der Waals surface area contributed by atoms with Crippen LogP contribution in [0.15, 0.2) is 0 Å². The Balaban J connectivity index is 2.61. The van der Waals surface area contributed by atoms with Crippen molar-refractivity contribution < 1.29 is 14.3 Å². The van der Waals surface area contributed by atoms with Crippen molar-refractivity contribution in [3.63, 3.8) is 0 Å². The Morgan fingerprint density at radius 2 is 1.35 bits per heavy atom. The summed E-state index contributed by atoms with van der Waals surface area (Å²) < 4.78 is 5.59. The highest BCUT2D eigenvalue weighted by molar-refractivity contribution is 6.02. The smallest absolute Gasteiger partial charge is 0.140 e. The highest BCUT2D eigenvalue weighted by Gasteiger charge is 2.31. The van der Waals surface area contributed by atoms with Crippen LogP contribution in [0.1, 0.15) is 53.0 Å². The number of Topliss-reactive ketones (excluding diaryl/α,β-unsaturated/α-hetero) is 2. The number of benzene rings is 1. The number of rotatable bonds is 2. The van der Waals surface area contributed by atoms with Crippen LogP contribution in [0.2, 0.25) is 0 Å². The van der Waals surface area contributed by atoms with Gasteiger partial charge in [0.1, 0.15) is 17.3 Å². The molecule has 20 heavy (non-hydrogen) atoms.